The molecule has 2 amide bonds. The third-order valence-corrected chi connectivity index (χ3v) is 5.45. The van der Waals surface area contributed by atoms with Gasteiger partial charge in [-0.2, -0.15) is 0 Å². The summed E-state index contributed by atoms with van der Waals surface area (Å²) in [6, 6.07) is 4.24. The molecule has 120 valence electrons. The van der Waals surface area contributed by atoms with Crippen LogP contribution < -0.4 is 0 Å². The Kier molecular flexibility index (Phi) is 4.78. The van der Waals surface area contributed by atoms with E-state index in [9.17, 15) is 9.59 Å². The van der Waals surface area contributed by atoms with Gasteiger partial charge in [-0.15, -0.1) is 11.3 Å². The average molecular weight is 321 g/mol. The van der Waals surface area contributed by atoms with Gasteiger partial charge in [-0.3, -0.25) is 14.5 Å². The highest BCUT2D eigenvalue weighted by atomic mass is 32.1. The van der Waals surface area contributed by atoms with Gasteiger partial charge in [-0.05, 0) is 18.4 Å². The van der Waals surface area contributed by atoms with Gasteiger partial charge in [-0.1, -0.05) is 6.07 Å². The van der Waals surface area contributed by atoms with Crippen molar-refractivity contribution in [1.29, 1.82) is 0 Å². The number of nitrogens with zero attached hydrogens (tertiary/aromatic N) is 3. The van der Waals surface area contributed by atoms with Crippen LogP contribution in [-0.4, -0.2) is 65.8 Å². The predicted molar refractivity (Wildman–Crippen MR) is 86.5 cm³/mol. The monoisotopic (exact) mass is 321 g/mol. The summed E-state index contributed by atoms with van der Waals surface area (Å²) in [6.45, 7) is 7.64. The molecular weight excluding hydrogens is 298 g/mol. The molecule has 6 heteroatoms. The zero-order valence-electron chi connectivity index (χ0n) is 13.0. The fourth-order valence-electron chi connectivity index (χ4n) is 3.25. The first-order valence-electron chi connectivity index (χ1n) is 7.98. The van der Waals surface area contributed by atoms with E-state index in [1.165, 1.54) is 4.88 Å². The fraction of sp³-hybridized carbons (Fsp3) is 0.625. The highest BCUT2D eigenvalue weighted by molar-refractivity contribution is 7.09. The maximum Gasteiger partial charge on any atom is 0.228 e. The SMILES string of the molecule is CCN1CC(C(=O)N2CCN(Cc3cccs3)CC2)CC1=O. The Hall–Kier alpha value is -1.40. The summed E-state index contributed by atoms with van der Waals surface area (Å²) in [5.41, 5.74) is 0. The molecule has 2 saturated heterocycles. The number of rotatable bonds is 4. The fourth-order valence-corrected chi connectivity index (χ4v) is 4.00. The van der Waals surface area contributed by atoms with Crippen LogP contribution in [0.5, 0.6) is 0 Å². The molecule has 0 radical (unpaired) electrons. The van der Waals surface area contributed by atoms with Crippen LogP contribution in [-0.2, 0) is 16.1 Å². The number of hydrogen-bond donors (Lipinski definition) is 0. The Morgan fingerprint density at radius 2 is 2.09 bits per heavy atom. The number of thiophene rings is 1. The number of piperazine rings is 1. The summed E-state index contributed by atoms with van der Waals surface area (Å²) >= 11 is 1.78. The van der Waals surface area contributed by atoms with Gasteiger partial charge in [0.25, 0.3) is 0 Å². The first-order chi connectivity index (χ1) is 10.7. The van der Waals surface area contributed by atoms with Gasteiger partial charge in [0, 0.05) is 57.1 Å². The summed E-state index contributed by atoms with van der Waals surface area (Å²) in [4.78, 5) is 31.8. The van der Waals surface area contributed by atoms with E-state index in [4.69, 9.17) is 0 Å². The lowest BCUT2D eigenvalue weighted by Crippen LogP contribution is -2.50. The molecule has 1 unspecified atom stereocenters. The quantitative estimate of drug-likeness (QED) is 0.839. The van der Waals surface area contributed by atoms with E-state index in [0.29, 0.717) is 19.5 Å². The minimum Gasteiger partial charge on any atom is -0.342 e. The molecule has 2 aliphatic heterocycles. The molecule has 0 saturated carbocycles. The zero-order valence-corrected chi connectivity index (χ0v) is 13.8. The summed E-state index contributed by atoms with van der Waals surface area (Å²) in [5.74, 6) is 0.161. The molecule has 1 aromatic heterocycles. The van der Waals surface area contributed by atoms with E-state index in [1.807, 2.05) is 11.8 Å². The van der Waals surface area contributed by atoms with Gasteiger partial charge >= 0.3 is 0 Å². The van der Waals surface area contributed by atoms with Gasteiger partial charge in [0.2, 0.25) is 11.8 Å². The van der Waals surface area contributed by atoms with E-state index < -0.39 is 0 Å². The van der Waals surface area contributed by atoms with Crippen LogP contribution in [0, 0.1) is 5.92 Å². The number of hydrogen-bond acceptors (Lipinski definition) is 4. The average Bonchev–Trinajstić information content (AvgIpc) is 3.16. The molecule has 2 fully saturated rings. The van der Waals surface area contributed by atoms with Gasteiger partial charge in [0.15, 0.2) is 0 Å². The summed E-state index contributed by atoms with van der Waals surface area (Å²) in [6.07, 6.45) is 0.391. The predicted octanol–water partition coefficient (Wildman–Crippen LogP) is 1.26. The molecule has 0 aromatic carbocycles. The van der Waals surface area contributed by atoms with Crippen molar-refractivity contribution < 1.29 is 9.59 Å². The van der Waals surface area contributed by atoms with Crippen molar-refractivity contribution in [3.63, 3.8) is 0 Å². The molecule has 0 aliphatic carbocycles. The third kappa shape index (κ3) is 3.33. The van der Waals surface area contributed by atoms with Crippen molar-refractivity contribution in [3.05, 3.63) is 22.4 Å². The standard InChI is InChI=1S/C16H23N3O2S/c1-2-18-11-13(10-15(18)20)16(21)19-7-5-17(6-8-19)12-14-4-3-9-22-14/h3-4,9,13H,2,5-8,10-12H2,1H3. The molecule has 0 N–H and O–H groups in total. The van der Waals surface area contributed by atoms with Crippen molar-refractivity contribution in [1.82, 2.24) is 14.7 Å². The summed E-state index contributed by atoms with van der Waals surface area (Å²) in [7, 11) is 0. The van der Waals surface area contributed by atoms with Gasteiger partial charge in [0.1, 0.15) is 0 Å². The Labute approximate surface area is 135 Å². The minimum atomic E-state index is -0.128. The number of amides is 2. The number of likely N-dealkylation sites (tertiary alicyclic amines) is 1. The molecule has 3 rings (SSSR count). The van der Waals surface area contributed by atoms with Crippen LogP contribution in [0.15, 0.2) is 17.5 Å². The maximum absolute atomic E-state index is 12.6. The van der Waals surface area contributed by atoms with E-state index in [1.54, 1.807) is 16.2 Å². The third-order valence-electron chi connectivity index (χ3n) is 4.59. The topological polar surface area (TPSA) is 43.9 Å². The van der Waals surface area contributed by atoms with Crippen LogP contribution in [0.1, 0.15) is 18.2 Å². The normalized spacial score (nSPS) is 23.3. The lowest BCUT2D eigenvalue weighted by molar-refractivity contribution is -0.137. The van der Waals surface area contributed by atoms with E-state index >= 15 is 0 Å². The highest BCUT2D eigenvalue weighted by Gasteiger charge is 2.36. The van der Waals surface area contributed by atoms with Gasteiger partial charge in [0.05, 0.1) is 5.92 Å². The van der Waals surface area contributed by atoms with Crippen molar-refractivity contribution >= 4 is 23.2 Å². The number of carbonyl (C=O) groups is 2. The van der Waals surface area contributed by atoms with Crippen molar-refractivity contribution in [2.75, 3.05) is 39.3 Å². The lowest BCUT2D eigenvalue weighted by Gasteiger charge is -2.35. The molecule has 1 atom stereocenters. The summed E-state index contributed by atoms with van der Waals surface area (Å²) < 4.78 is 0. The van der Waals surface area contributed by atoms with Crippen molar-refractivity contribution in [2.45, 2.75) is 19.9 Å². The zero-order chi connectivity index (χ0) is 15.5. The van der Waals surface area contributed by atoms with Crippen LogP contribution in [0.25, 0.3) is 0 Å². The Morgan fingerprint density at radius 3 is 2.68 bits per heavy atom. The summed E-state index contributed by atoms with van der Waals surface area (Å²) in [5, 5.41) is 2.10. The Balaban J connectivity index is 1.49. The largest absolute Gasteiger partial charge is 0.342 e. The van der Waals surface area contributed by atoms with E-state index in [-0.39, 0.29) is 17.7 Å². The van der Waals surface area contributed by atoms with Gasteiger partial charge in [-0.25, -0.2) is 0 Å². The second-order valence-electron chi connectivity index (χ2n) is 6.01. The van der Waals surface area contributed by atoms with Crippen LogP contribution in [0.2, 0.25) is 0 Å². The van der Waals surface area contributed by atoms with E-state index in [0.717, 1.165) is 32.7 Å². The van der Waals surface area contributed by atoms with Crippen molar-refractivity contribution in [3.8, 4) is 0 Å². The molecule has 5 nitrogen and oxygen atoms in total. The number of carbonyl (C=O) groups excluding carboxylic acids is 2. The second-order valence-corrected chi connectivity index (χ2v) is 7.05. The molecule has 0 spiro atoms. The molecule has 22 heavy (non-hydrogen) atoms. The Bertz CT molecular complexity index is 524. The van der Waals surface area contributed by atoms with Crippen LogP contribution >= 0.6 is 11.3 Å². The molecular formula is C16H23N3O2S. The first kappa shape index (κ1) is 15.5. The second kappa shape index (κ2) is 6.79. The first-order valence-corrected chi connectivity index (χ1v) is 8.86. The smallest absolute Gasteiger partial charge is 0.228 e. The highest BCUT2D eigenvalue weighted by Crippen LogP contribution is 2.21. The molecule has 0 bridgehead atoms. The molecule has 3 heterocycles. The van der Waals surface area contributed by atoms with Crippen LogP contribution in [0.4, 0.5) is 0 Å². The molecule has 2 aliphatic rings. The Morgan fingerprint density at radius 1 is 1.32 bits per heavy atom. The van der Waals surface area contributed by atoms with Crippen LogP contribution in [0.3, 0.4) is 0 Å². The van der Waals surface area contributed by atoms with E-state index in [2.05, 4.69) is 22.4 Å². The van der Waals surface area contributed by atoms with Crippen molar-refractivity contribution in [2.24, 2.45) is 5.92 Å². The van der Waals surface area contributed by atoms with Gasteiger partial charge < -0.3 is 9.80 Å². The lowest BCUT2D eigenvalue weighted by atomic mass is 10.1. The maximum atomic E-state index is 12.6. The molecule has 1 aromatic rings. The minimum absolute atomic E-state index is 0.122.